The van der Waals surface area contributed by atoms with Crippen LogP contribution in [0.25, 0.3) is 0 Å². The quantitative estimate of drug-likeness (QED) is 0.334. The third-order valence-corrected chi connectivity index (χ3v) is 4.20. The molecule has 6 nitrogen and oxygen atoms in total. The molecule has 0 saturated heterocycles. The molecule has 0 aromatic heterocycles. The highest BCUT2D eigenvalue weighted by molar-refractivity contribution is 14.0. The van der Waals surface area contributed by atoms with Crippen molar-refractivity contribution in [1.82, 2.24) is 10.6 Å². The smallest absolute Gasteiger partial charge is 0.191 e. The molecule has 2 unspecified atom stereocenters. The fourth-order valence-electron chi connectivity index (χ4n) is 1.95. The molecule has 2 atom stereocenters. The van der Waals surface area contributed by atoms with Gasteiger partial charge >= 0.3 is 0 Å². The summed E-state index contributed by atoms with van der Waals surface area (Å²) in [6.07, 6.45) is 1.52. The minimum atomic E-state index is -2.98. The fourth-order valence-corrected chi connectivity index (χ4v) is 2.73. The first kappa shape index (κ1) is 23.9. The Morgan fingerprint density at radius 1 is 1.36 bits per heavy atom. The van der Waals surface area contributed by atoms with Crippen molar-refractivity contribution in [3.63, 3.8) is 0 Å². The Balaban J connectivity index is 0.00000576. The van der Waals surface area contributed by atoms with Gasteiger partial charge in [-0.1, -0.05) is 6.07 Å². The van der Waals surface area contributed by atoms with Gasteiger partial charge < -0.3 is 15.4 Å². The summed E-state index contributed by atoms with van der Waals surface area (Å²) in [5, 5.41) is 6.23. The number of nitrogens with zero attached hydrogens (tertiary/aromatic N) is 1. The molecule has 144 valence electrons. The second kappa shape index (κ2) is 11.5. The number of aliphatic imine (C=N–C) groups is 1. The van der Waals surface area contributed by atoms with Crippen LogP contribution in [-0.4, -0.2) is 52.1 Å². The van der Waals surface area contributed by atoms with Gasteiger partial charge in [0.2, 0.25) is 0 Å². The van der Waals surface area contributed by atoms with Crippen molar-refractivity contribution in [3.05, 3.63) is 30.1 Å². The van der Waals surface area contributed by atoms with E-state index >= 15 is 0 Å². The van der Waals surface area contributed by atoms with Crippen LogP contribution in [0.15, 0.2) is 29.3 Å². The number of sulfone groups is 1. The molecule has 2 N–H and O–H groups in total. The summed E-state index contributed by atoms with van der Waals surface area (Å²) in [6.45, 7) is 4.22. The van der Waals surface area contributed by atoms with Gasteiger partial charge in [-0.25, -0.2) is 12.8 Å². The maximum atomic E-state index is 13.1. The third-order valence-electron chi connectivity index (χ3n) is 3.22. The number of rotatable bonds is 8. The second-order valence-corrected chi connectivity index (χ2v) is 8.06. The molecule has 0 fully saturated rings. The van der Waals surface area contributed by atoms with Gasteiger partial charge in [0.1, 0.15) is 27.5 Å². The first-order valence-electron chi connectivity index (χ1n) is 7.76. The van der Waals surface area contributed by atoms with Crippen molar-refractivity contribution in [2.75, 3.05) is 25.6 Å². The van der Waals surface area contributed by atoms with E-state index in [9.17, 15) is 12.8 Å². The number of hydrogen-bond donors (Lipinski definition) is 2. The topological polar surface area (TPSA) is 79.8 Å². The molecular formula is C16H27FIN3O3S. The fraction of sp³-hybridized carbons (Fsp3) is 0.562. The van der Waals surface area contributed by atoms with E-state index < -0.39 is 9.84 Å². The SMILES string of the molecule is CN=C(NCC(C)Oc1cccc(F)c1)NC(C)CCS(C)(=O)=O.I. The number of benzene rings is 1. The number of guanidine groups is 1. The highest BCUT2D eigenvalue weighted by Crippen LogP contribution is 2.13. The minimum absolute atomic E-state index is 0. The molecule has 0 bridgehead atoms. The van der Waals surface area contributed by atoms with E-state index in [1.54, 1.807) is 19.2 Å². The predicted octanol–water partition coefficient (Wildman–Crippen LogP) is 2.20. The van der Waals surface area contributed by atoms with Crippen LogP contribution in [0.3, 0.4) is 0 Å². The number of ether oxygens (including phenoxy) is 1. The average molecular weight is 487 g/mol. The Labute approximate surface area is 166 Å². The summed E-state index contributed by atoms with van der Waals surface area (Å²) >= 11 is 0. The zero-order valence-corrected chi connectivity index (χ0v) is 18.1. The predicted molar refractivity (Wildman–Crippen MR) is 110 cm³/mol. The molecule has 1 aromatic carbocycles. The zero-order chi connectivity index (χ0) is 18.2. The summed E-state index contributed by atoms with van der Waals surface area (Å²) < 4.78 is 41.1. The molecule has 0 aliphatic carbocycles. The monoisotopic (exact) mass is 487 g/mol. The van der Waals surface area contributed by atoms with Crippen LogP contribution in [0.2, 0.25) is 0 Å². The lowest BCUT2D eigenvalue weighted by molar-refractivity contribution is 0.223. The van der Waals surface area contributed by atoms with Crippen LogP contribution < -0.4 is 15.4 Å². The molecule has 0 aliphatic rings. The molecule has 0 spiro atoms. The average Bonchev–Trinajstić information content (AvgIpc) is 2.48. The van der Waals surface area contributed by atoms with Crippen molar-refractivity contribution in [2.24, 2.45) is 4.99 Å². The van der Waals surface area contributed by atoms with Crippen LogP contribution in [0, 0.1) is 5.82 Å². The van der Waals surface area contributed by atoms with Crippen LogP contribution >= 0.6 is 24.0 Å². The summed E-state index contributed by atoms with van der Waals surface area (Å²) in [5.41, 5.74) is 0. The minimum Gasteiger partial charge on any atom is -0.489 e. The van der Waals surface area contributed by atoms with E-state index in [4.69, 9.17) is 4.74 Å². The largest absolute Gasteiger partial charge is 0.489 e. The Bertz CT molecular complexity index is 656. The van der Waals surface area contributed by atoms with Crippen LogP contribution in [0.1, 0.15) is 20.3 Å². The van der Waals surface area contributed by atoms with Gasteiger partial charge in [-0.3, -0.25) is 4.99 Å². The van der Waals surface area contributed by atoms with Crippen molar-refractivity contribution < 1.29 is 17.5 Å². The highest BCUT2D eigenvalue weighted by Gasteiger charge is 2.11. The van der Waals surface area contributed by atoms with E-state index in [-0.39, 0.29) is 47.7 Å². The Morgan fingerprint density at radius 2 is 2.04 bits per heavy atom. The summed E-state index contributed by atoms with van der Waals surface area (Å²) in [6, 6.07) is 5.94. The molecular weight excluding hydrogens is 460 g/mol. The van der Waals surface area contributed by atoms with Crippen molar-refractivity contribution in [1.29, 1.82) is 0 Å². The Kier molecular flexibility index (Phi) is 11.0. The van der Waals surface area contributed by atoms with Gasteiger partial charge in [0.05, 0.1) is 12.3 Å². The zero-order valence-electron chi connectivity index (χ0n) is 15.0. The van der Waals surface area contributed by atoms with E-state index in [1.165, 1.54) is 18.4 Å². The van der Waals surface area contributed by atoms with Gasteiger partial charge in [-0.15, -0.1) is 24.0 Å². The highest BCUT2D eigenvalue weighted by atomic mass is 127. The van der Waals surface area contributed by atoms with Crippen molar-refractivity contribution in [3.8, 4) is 5.75 Å². The summed E-state index contributed by atoms with van der Waals surface area (Å²) in [7, 11) is -1.34. The molecule has 0 saturated carbocycles. The Hall–Kier alpha value is -1.10. The summed E-state index contributed by atoms with van der Waals surface area (Å²) in [4.78, 5) is 4.09. The van der Waals surface area contributed by atoms with E-state index in [1.807, 2.05) is 13.8 Å². The third kappa shape index (κ3) is 11.2. The van der Waals surface area contributed by atoms with Crippen LogP contribution in [0.5, 0.6) is 5.75 Å². The van der Waals surface area contributed by atoms with Crippen molar-refractivity contribution >= 4 is 39.8 Å². The molecule has 0 aliphatic heterocycles. The molecule has 25 heavy (non-hydrogen) atoms. The van der Waals surface area contributed by atoms with Gasteiger partial charge in [0.25, 0.3) is 0 Å². The first-order valence-corrected chi connectivity index (χ1v) is 9.83. The lowest BCUT2D eigenvalue weighted by Crippen LogP contribution is -2.45. The van der Waals surface area contributed by atoms with E-state index in [2.05, 4.69) is 15.6 Å². The lowest BCUT2D eigenvalue weighted by Gasteiger charge is -2.20. The molecule has 0 heterocycles. The second-order valence-electron chi connectivity index (χ2n) is 5.80. The normalized spacial score (nSPS) is 14.2. The van der Waals surface area contributed by atoms with Crippen LogP contribution in [-0.2, 0) is 9.84 Å². The first-order chi connectivity index (χ1) is 11.2. The molecule has 9 heteroatoms. The molecule has 1 rings (SSSR count). The van der Waals surface area contributed by atoms with Gasteiger partial charge in [-0.05, 0) is 32.4 Å². The standard InChI is InChI=1S/C16H26FN3O3S.HI/c1-12(8-9-24(4,21)22)20-16(18-3)19-11-13(2)23-15-7-5-6-14(17)10-15;/h5-7,10,12-13H,8-9,11H2,1-4H3,(H2,18,19,20);1H. The molecule has 0 radical (unpaired) electrons. The van der Waals surface area contributed by atoms with Gasteiger partial charge in [-0.2, -0.15) is 0 Å². The van der Waals surface area contributed by atoms with E-state index in [0.29, 0.717) is 24.7 Å². The maximum absolute atomic E-state index is 13.1. The number of hydrogen-bond acceptors (Lipinski definition) is 4. The number of nitrogens with one attached hydrogen (secondary N) is 2. The van der Waals surface area contributed by atoms with Crippen molar-refractivity contribution in [2.45, 2.75) is 32.4 Å². The Morgan fingerprint density at radius 3 is 2.60 bits per heavy atom. The molecule has 1 aromatic rings. The summed E-state index contributed by atoms with van der Waals surface area (Å²) in [5.74, 6) is 0.807. The van der Waals surface area contributed by atoms with Gasteiger partial charge in [0.15, 0.2) is 5.96 Å². The van der Waals surface area contributed by atoms with Crippen LogP contribution in [0.4, 0.5) is 4.39 Å². The number of halogens is 2. The lowest BCUT2D eigenvalue weighted by atomic mass is 10.3. The van der Waals surface area contributed by atoms with E-state index in [0.717, 1.165) is 0 Å². The maximum Gasteiger partial charge on any atom is 0.191 e. The van der Waals surface area contributed by atoms with Gasteiger partial charge in [0, 0.05) is 25.4 Å². The molecule has 0 amide bonds.